The van der Waals surface area contributed by atoms with E-state index in [0.29, 0.717) is 6.04 Å². The average Bonchev–Trinajstić information content (AvgIpc) is 2.82. The van der Waals surface area contributed by atoms with Crippen LogP contribution in [0.15, 0.2) is 42.4 Å². The van der Waals surface area contributed by atoms with Gasteiger partial charge in [0.15, 0.2) is 0 Å². The van der Waals surface area contributed by atoms with Gasteiger partial charge in [0, 0.05) is 29.9 Å². The standard InChI is InChI=1S/C13H15N3O/c17-8-11-6-13-10(7-15-11)5-12(16-13)9-1-3-14-4-2-9/h1-5,7,11,13,15-17H,6,8H2. The van der Waals surface area contributed by atoms with Crippen molar-refractivity contribution in [2.24, 2.45) is 0 Å². The summed E-state index contributed by atoms with van der Waals surface area (Å²) >= 11 is 0. The van der Waals surface area contributed by atoms with Gasteiger partial charge in [-0.1, -0.05) is 0 Å². The number of pyridine rings is 1. The van der Waals surface area contributed by atoms with E-state index in [1.165, 1.54) is 5.57 Å². The van der Waals surface area contributed by atoms with Crippen LogP contribution < -0.4 is 10.6 Å². The van der Waals surface area contributed by atoms with E-state index in [0.717, 1.165) is 17.7 Å². The SMILES string of the molecule is OCC1CC2NC(c3ccncc3)=CC2=CN1. The van der Waals surface area contributed by atoms with Crippen molar-refractivity contribution in [3.8, 4) is 0 Å². The lowest BCUT2D eigenvalue weighted by Crippen LogP contribution is -2.40. The van der Waals surface area contributed by atoms with E-state index in [-0.39, 0.29) is 12.6 Å². The minimum atomic E-state index is 0.154. The summed E-state index contributed by atoms with van der Waals surface area (Å²) in [4.78, 5) is 4.02. The molecule has 0 bridgehead atoms. The topological polar surface area (TPSA) is 57.2 Å². The summed E-state index contributed by atoms with van der Waals surface area (Å²) in [5.41, 5.74) is 3.53. The van der Waals surface area contributed by atoms with Gasteiger partial charge < -0.3 is 15.7 Å². The highest BCUT2D eigenvalue weighted by molar-refractivity contribution is 5.71. The Morgan fingerprint density at radius 3 is 2.94 bits per heavy atom. The minimum Gasteiger partial charge on any atom is -0.394 e. The summed E-state index contributed by atoms with van der Waals surface area (Å²) in [5.74, 6) is 0. The molecule has 2 aliphatic heterocycles. The lowest BCUT2D eigenvalue weighted by molar-refractivity contribution is 0.236. The Morgan fingerprint density at radius 1 is 1.35 bits per heavy atom. The number of nitrogens with zero attached hydrogens (tertiary/aromatic N) is 1. The molecule has 3 rings (SSSR count). The van der Waals surface area contributed by atoms with Crippen LogP contribution in [0.2, 0.25) is 0 Å². The summed E-state index contributed by atoms with van der Waals surface area (Å²) in [5, 5.41) is 15.8. The molecule has 2 aliphatic rings. The third kappa shape index (κ3) is 1.91. The van der Waals surface area contributed by atoms with E-state index in [1.807, 2.05) is 18.3 Å². The Morgan fingerprint density at radius 2 is 2.18 bits per heavy atom. The molecule has 3 heterocycles. The normalized spacial score (nSPS) is 26.4. The Labute approximate surface area is 100 Å². The number of rotatable bonds is 2. The molecule has 0 aliphatic carbocycles. The summed E-state index contributed by atoms with van der Waals surface area (Å²) in [7, 11) is 0. The number of hydrogen-bond acceptors (Lipinski definition) is 4. The molecular formula is C13H15N3O. The molecule has 88 valence electrons. The molecule has 0 fully saturated rings. The lowest BCUT2D eigenvalue weighted by atomic mass is 9.99. The van der Waals surface area contributed by atoms with Gasteiger partial charge in [-0.15, -0.1) is 0 Å². The van der Waals surface area contributed by atoms with Crippen LogP contribution in [0.3, 0.4) is 0 Å². The van der Waals surface area contributed by atoms with Crippen LogP contribution in [0.4, 0.5) is 0 Å². The van der Waals surface area contributed by atoms with Gasteiger partial charge in [0.05, 0.1) is 18.7 Å². The van der Waals surface area contributed by atoms with Gasteiger partial charge in [-0.3, -0.25) is 4.98 Å². The molecule has 1 aromatic rings. The predicted molar refractivity (Wildman–Crippen MR) is 65.8 cm³/mol. The summed E-state index contributed by atoms with van der Waals surface area (Å²) in [6.45, 7) is 0.173. The van der Waals surface area contributed by atoms with Crippen molar-refractivity contribution in [1.82, 2.24) is 15.6 Å². The molecule has 4 heteroatoms. The van der Waals surface area contributed by atoms with Crippen LogP contribution >= 0.6 is 0 Å². The maximum Gasteiger partial charge on any atom is 0.0633 e. The first-order chi connectivity index (χ1) is 8.36. The quantitative estimate of drug-likeness (QED) is 0.696. The lowest BCUT2D eigenvalue weighted by Gasteiger charge is -2.26. The molecule has 2 unspecified atom stereocenters. The van der Waals surface area contributed by atoms with Crippen LogP contribution in [0.1, 0.15) is 12.0 Å². The summed E-state index contributed by atoms with van der Waals surface area (Å²) in [6, 6.07) is 4.46. The van der Waals surface area contributed by atoms with Crippen LogP contribution in [0.25, 0.3) is 5.70 Å². The van der Waals surface area contributed by atoms with Crippen molar-refractivity contribution < 1.29 is 5.11 Å². The zero-order valence-electron chi connectivity index (χ0n) is 9.43. The maximum absolute atomic E-state index is 9.15. The van der Waals surface area contributed by atoms with Gasteiger partial charge in [0.2, 0.25) is 0 Å². The number of aromatic nitrogens is 1. The Hall–Kier alpha value is -1.81. The molecule has 0 saturated carbocycles. The molecule has 1 aromatic heterocycles. The zero-order chi connectivity index (χ0) is 11.7. The van der Waals surface area contributed by atoms with Crippen LogP contribution in [0.5, 0.6) is 0 Å². The van der Waals surface area contributed by atoms with E-state index in [4.69, 9.17) is 5.11 Å². The van der Waals surface area contributed by atoms with Gasteiger partial charge in [-0.2, -0.15) is 0 Å². The second kappa shape index (κ2) is 4.22. The molecule has 3 N–H and O–H groups in total. The first-order valence-corrected chi connectivity index (χ1v) is 5.82. The van der Waals surface area contributed by atoms with Gasteiger partial charge in [0.1, 0.15) is 0 Å². The molecule has 0 aromatic carbocycles. The van der Waals surface area contributed by atoms with Crippen molar-refractivity contribution in [3.63, 3.8) is 0 Å². The number of fused-ring (bicyclic) bond motifs is 1. The second-order valence-electron chi connectivity index (χ2n) is 4.42. The number of nitrogens with one attached hydrogen (secondary N) is 2. The molecule has 4 nitrogen and oxygen atoms in total. The third-order valence-corrected chi connectivity index (χ3v) is 3.26. The van der Waals surface area contributed by atoms with Crippen LogP contribution in [0, 0.1) is 0 Å². The highest BCUT2D eigenvalue weighted by atomic mass is 16.3. The van der Waals surface area contributed by atoms with Crippen molar-refractivity contribution >= 4 is 5.70 Å². The van der Waals surface area contributed by atoms with E-state index in [9.17, 15) is 0 Å². The summed E-state index contributed by atoms with van der Waals surface area (Å²) < 4.78 is 0. The third-order valence-electron chi connectivity index (χ3n) is 3.26. The average molecular weight is 229 g/mol. The van der Waals surface area contributed by atoms with Gasteiger partial charge in [-0.25, -0.2) is 0 Å². The fourth-order valence-electron chi connectivity index (χ4n) is 2.31. The Balaban J connectivity index is 1.81. The van der Waals surface area contributed by atoms with Gasteiger partial charge >= 0.3 is 0 Å². The van der Waals surface area contributed by atoms with Gasteiger partial charge in [-0.05, 0) is 30.2 Å². The Bertz CT molecular complexity index is 467. The van der Waals surface area contributed by atoms with E-state index in [2.05, 4.69) is 21.7 Å². The van der Waals surface area contributed by atoms with Crippen molar-refractivity contribution in [2.75, 3.05) is 6.61 Å². The van der Waals surface area contributed by atoms with Crippen molar-refractivity contribution in [3.05, 3.63) is 47.9 Å². The molecule has 0 radical (unpaired) electrons. The maximum atomic E-state index is 9.15. The van der Waals surface area contributed by atoms with Crippen LogP contribution in [-0.4, -0.2) is 28.8 Å². The number of hydrogen-bond donors (Lipinski definition) is 3. The first-order valence-electron chi connectivity index (χ1n) is 5.82. The zero-order valence-corrected chi connectivity index (χ0v) is 9.43. The second-order valence-corrected chi connectivity index (χ2v) is 4.42. The number of aliphatic hydroxyl groups is 1. The smallest absolute Gasteiger partial charge is 0.0633 e. The molecule has 2 atom stereocenters. The fourth-order valence-corrected chi connectivity index (χ4v) is 2.31. The molecular weight excluding hydrogens is 214 g/mol. The van der Waals surface area contributed by atoms with Gasteiger partial charge in [0.25, 0.3) is 0 Å². The molecule has 17 heavy (non-hydrogen) atoms. The minimum absolute atomic E-state index is 0.154. The van der Waals surface area contributed by atoms with E-state index >= 15 is 0 Å². The van der Waals surface area contributed by atoms with Crippen LogP contribution in [-0.2, 0) is 0 Å². The number of aliphatic hydroxyl groups excluding tert-OH is 1. The fraction of sp³-hybridized carbons (Fsp3) is 0.308. The largest absolute Gasteiger partial charge is 0.394 e. The highest BCUT2D eigenvalue weighted by Crippen LogP contribution is 2.27. The molecule has 0 spiro atoms. The Kier molecular flexibility index (Phi) is 2.57. The van der Waals surface area contributed by atoms with E-state index in [1.54, 1.807) is 12.4 Å². The molecule has 0 amide bonds. The highest BCUT2D eigenvalue weighted by Gasteiger charge is 2.27. The predicted octanol–water partition coefficient (Wildman–Crippen LogP) is 0.632. The van der Waals surface area contributed by atoms with E-state index < -0.39 is 0 Å². The van der Waals surface area contributed by atoms with Crippen molar-refractivity contribution in [2.45, 2.75) is 18.5 Å². The van der Waals surface area contributed by atoms with Crippen molar-refractivity contribution in [1.29, 1.82) is 0 Å². The summed E-state index contributed by atoms with van der Waals surface area (Å²) in [6.07, 6.45) is 8.65. The monoisotopic (exact) mass is 229 g/mol. The molecule has 0 saturated heterocycles. The first kappa shape index (κ1) is 10.4.